The van der Waals surface area contributed by atoms with Crippen molar-refractivity contribution in [3.63, 3.8) is 0 Å². The Hall–Kier alpha value is -2.99. The maximum Gasteiger partial charge on any atom is 0.338 e. The van der Waals surface area contributed by atoms with Crippen molar-refractivity contribution >= 4 is 23.4 Å². The summed E-state index contributed by atoms with van der Waals surface area (Å²) in [4.78, 5) is 22.9. The lowest BCUT2D eigenvalue weighted by Gasteiger charge is -2.30. The molecule has 1 aliphatic rings. The first kappa shape index (κ1) is 26.6. The SMILES string of the molecule is COC(=O)C1=C(CN(C)CCOCCO)NC(c2ncc(F)cc2F)=N[C@H]1c1ccc(F)cc1Cl. The molecule has 8 nitrogen and oxygen atoms in total. The second kappa shape index (κ2) is 12.1. The highest BCUT2D eigenvalue weighted by atomic mass is 35.5. The van der Waals surface area contributed by atoms with Crippen LogP contribution in [0, 0.1) is 17.5 Å². The molecule has 0 aliphatic carbocycles. The van der Waals surface area contributed by atoms with Crippen molar-refractivity contribution < 1.29 is 32.5 Å². The molecule has 0 amide bonds. The van der Waals surface area contributed by atoms with Crippen LogP contribution in [0.1, 0.15) is 17.3 Å². The van der Waals surface area contributed by atoms with E-state index in [1.54, 1.807) is 7.05 Å². The third-order valence-corrected chi connectivity index (χ3v) is 5.43. The van der Waals surface area contributed by atoms with Gasteiger partial charge in [-0.15, -0.1) is 0 Å². The molecule has 12 heteroatoms. The molecule has 2 N–H and O–H groups in total. The number of aliphatic hydroxyl groups excluding tert-OH is 1. The van der Waals surface area contributed by atoms with Crippen LogP contribution in [-0.2, 0) is 14.3 Å². The Morgan fingerprint density at radius 3 is 2.66 bits per heavy atom. The van der Waals surface area contributed by atoms with Gasteiger partial charge >= 0.3 is 5.97 Å². The Kier molecular flexibility index (Phi) is 9.21. The molecule has 0 bridgehead atoms. The number of nitrogens with one attached hydrogen (secondary N) is 1. The van der Waals surface area contributed by atoms with Gasteiger partial charge in [-0.05, 0) is 19.2 Å². The van der Waals surface area contributed by atoms with Gasteiger partial charge in [0, 0.05) is 35.4 Å². The van der Waals surface area contributed by atoms with E-state index in [9.17, 15) is 18.0 Å². The number of ether oxygens (including phenoxy) is 2. The van der Waals surface area contributed by atoms with Crippen LogP contribution in [0.5, 0.6) is 0 Å². The summed E-state index contributed by atoms with van der Waals surface area (Å²) >= 11 is 6.28. The number of pyridine rings is 1. The van der Waals surface area contributed by atoms with Gasteiger partial charge in [0.15, 0.2) is 11.7 Å². The van der Waals surface area contributed by atoms with Crippen LogP contribution in [0.4, 0.5) is 13.2 Å². The number of methoxy groups -OCH3 is 1. The van der Waals surface area contributed by atoms with Gasteiger partial charge in [-0.25, -0.2) is 22.9 Å². The Morgan fingerprint density at radius 1 is 1.23 bits per heavy atom. The lowest BCUT2D eigenvalue weighted by Crippen LogP contribution is -2.40. The molecule has 1 aromatic heterocycles. The van der Waals surface area contributed by atoms with E-state index in [1.165, 1.54) is 13.2 Å². The minimum Gasteiger partial charge on any atom is -0.466 e. The molecule has 0 fully saturated rings. The Labute approximate surface area is 205 Å². The van der Waals surface area contributed by atoms with E-state index in [2.05, 4.69) is 15.3 Å². The molecule has 35 heavy (non-hydrogen) atoms. The van der Waals surface area contributed by atoms with Crippen molar-refractivity contribution in [1.29, 1.82) is 0 Å². The number of rotatable bonds is 10. The molecule has 1 atom stereocenters. The molecule has 2 heterocycles. The van der Waals surface area contributed by atoms with Crippen molar-refractivity contribution in [3.05, 3.63) is 75.5 Å². The van der Waals surface area contributed by atoms with E-state index in [0.717, 1.165) is 18.3 Å². The van der Waals surface area contributed by atoms with Gasteiger partial charge in [-0.3, -0.25) is 9.89 Å². The zero-order chi connectivity index (χ0) is 25.5. The molecule has 0 spiro atoms. The number of carbonyl (C=O) groups excluding carboxylic acids is 1. The Balaban J connectivity index is 2.08. The maximum atomic E-state index is 14.6. The van der Waals surface area contributed by atoms with Gasteiger partial charge in [0.2, 0.25) is 0 Å². The number of aliphatic hydroxyl groups is 1. The third kappa shape index (κ3) is 6.57. The number of aliphatic imine (C=N–C) groups is 1. The first-order valence-electron chi connectivity index (χ1n) is 10.5. The quantitative estimate of drug-likeness (QED) is 0.373. The molecule has 1 aliphatic heterocycles. The zero-order valence-electron chi connectivity index (χ0n) is 19.0. The van der Waals surface area contributed by atoms with Crippen LogP contribution in [-0.4, -0.2) is 73.9 Å². The van der Waals surface area contributed by atoms with Gasteiger partial charge < -0.3 is 19.9 Å². The van der Waals surface area contributed by atoms with Crippen LogP contribution in [0.15, 0.2) is 46.7 Å². The van der Waals surface area contributed by atoms with Crippen molar-refractivity contribution in [2.75, 3.05) is 47.1 Å². The fraction of sp³-hybridized carbons (Fsp3) is 0.348. The average Bonchev–Trinajstić information content (AvgIpc) is 2.81. The topological polar surface area (TPSA) is 96.3 Å². The highest BCUT2D eigenvalue weighted by Gasteiger charge is 2.34. The standard InChI is InChI=1S/C23H24ClF3N4O4/c1-31(5-7-35-8-6-32)12-18-19(23(33)34-2)20(15-4-3-13(25)9-16(15)24)30-22(29-18)21-17(27)10-14(26)11-28-21/h3-4,9-11,20,32H,5-8,12H2,1-2H3,(H,29,30)/t20-/m0/s1. The molecule has 0 saturated carbocycles. The highest BCUT2D eigenvalue weighted by molar-refractivity contribution is 6.31. The van der Waals surface area contributed by atoms with E-state index in [0.29, 0.717) is 24.9 Å². The minimum atomic E-state index is -1.09. The second-order valence-corrected chi connectivity index (χ2v) is 8.02. The number of likely N-dealkylation sites (N-methyl/N-ethyl adjacent to an activating group) is 1. The summed E-state index contributed by atoms with van der Waals surface area (Å²) in [5, 5.41) is 11.8. The van der Waals surface area contributed by atoms with Gasteiger partial charge in [-0.1, -0.05) is 17.7 Å². The summed E-state index contributed by atoms with van der Waals surface area (Å²) < 4.78 is 52.0. The van der Waals surface area contributed by atoms with Crippen LogP contribution in [0.25, 0.3) is 0 Å². The fourth-order valence-corrected chi connectivity index (χ4v) is 3.73. The smallest absolute Gasteiger partial charge is 0.338 e. The summed E-state index contributed by atoms with van der Waals surface area (Å²) in [6.07, 6.45) is 0.840. The highest BCUT2D eigenvalue weighted by Crippen LogP contribution is 2.36. The monoisotopic (exact) mass is 512 g/mol. The molecular weight excluding hydrogens is 489 g/mol. The largest absolute Gasteiger partial charge is 0.466 e. The number of halogens is 4. The van der Waals surface area contributed by atoms with Crippen LogP contribution in [0.3, 0.4) is 0 Å². The first-order chi connectivity index (χ1) is 16.7. The Bertz CT molecular complexity index is 1150. The lowest BCUT2D eigenvalue weighted by atomic mass is 9.95. The average molecular weight is 513 g/mol. The number of hydrogen-bond acceptors (Lipinski definition) is 8. The third-order valence-electron chi connectivity index (χ3n) is 5.10. The van der Waals surface area contributed by atoms with E-state index in [4.69, 9.17) is 26.2 Å². The van der Waals surface area contributed by atoms with Crippen LogP contribution >= 0.6 is 11.6 Å². The number of esters is 1. The molecule has 188 valence electrons. The number of nitrogens with zero attached hydrogens (tertiary/aromatic N) is 3. The second-order valence-electron chi connectivity index (χ2n) is 7.61. The van der Waals surface area contributed by atoms with Crippen molar-refractivity contribution in [1.82, 2.24) is 15.2 Å². The van der Waals surface area contributed by atoms with E-state index in [1.807, 2.05) is 4.90 Å². The number of benzene rings is 1. The molecular formula is C23H24ClF3N4O4. The van der Waals surface area contributed by atoms with Gasteiger partial charge in [0.05, 0.1) is 38.7 Å². The van der Waals surface area contributed by atoms with Crippen molar-refractivity contribution in [2.45, 2.75) is 6.04 Å². The van der Waals surface area contributed by atoms with Crippen LogP contribution in [0.2, 0.25) is 5.02 Å². The van der Waals surface area contributed by atoms with Gasteiger partial charge in [0.25, 0.3) is 0 Å². The summed E-state index contributed by atoms with van der Waals surface area (Å²) in [6.45, 7) is 0.945. The number of hydrogen-bond donors (Lipinski definition) is 2. The van der Waals surface area contributed by atoms with Gasteiger partial charge in [-0.2, -0.15) is 0 Å². The van der Waals surface area contributed by atoms with Crippen LogP contribution < -0.4 is 5.32 Å². The molecule has 0 radical (unpaired) electrons. The first-order valence-corrected chi connectivity index (χ1v) is 10.9. The predicted molar refractivity (Wildman–Crippen MR) is 122 cm³/mol. The zero-order valence-corrected chi connectivity index (χ0v) is 19.8. The molecule has 3 rings (SSSR count). The van der Waals surface area contributed by atoms with E-state index in [-0.39, 0.29) is 47.4 Å². The summed E-state index contributed by atoms with van der Waals surface area (Å²) in [7, 11) is 2.96. The van der Waals surface area contributed by atoms with Gasteiger partial charge in [0.1, 0.15) is 23.4 Å². The van der Waals surface area contributed by atoms with Crippen molar-refractivity contribution in [2.24, 2.45) is 4.99 Å². The Morgan fingerprint density at radius 2 is 2.00 bits per heavy atom. The lowest BCUT2D eigenvalue weighted by molar-refractivity contribution is -0.136. The predicted octanol–water partition coefficient (Wildman–Crippen LogP) is 2.61. The number of carbonyl (C=O) groups is 1. The summed E-state index contributed by atoms with van der Waals surface area (Å²) in [5.74, 6) is -3.21. The maximum absolute atomic E-state index is 14.6. The molecule has 2 aromatic rings. The molecule has 0 saturated heterocycles. The van der Waals surface area contributed by atoms with E-state index < -0.39 is 29.5 Å². The van der Waals surface area contributed by atoms with E-state index >= 15 is 0 Å². The summed E-state index contributed by atoms with van der Waals surface area (Å²) in [5.41, 5.74) is 0.393. The van der Waals surface area contributed by atoms with Crippen molar-refractivity contribution in [3.8, 4) is 0 Å². The number of amidine groups is 1. The normalized spacial score (nSPS) is 15.8. The summed E-state index contributed by atoms with van der Waals surface area (Å²) in [6, 6.07) is 3.18. The fourth-order valence-electron chi connectivity index (χ4n) is 3.46. The number of aromatic nitrogens is 1. The molecule has 1 aromatic carbocycles. The molecule has 0 unspecified atom stereocenters. The minimum absolute atomic E-state index is 0.000881.